The number of rotatable bonds is 8. The van der Waals surface area contributed by atoms with Crippen LogP contribution in [0.1, 0.15) is 26.2 Å². The molecular weight excluding hydrogens is 344 g/mol. The van der Waals surface area contributed by atoms with E-state index in [1.54, 1.807) is 23.1 Å². The Kier molecular flexibility index (Phi) is 6.30. The highest BCUT2D eigenvalue weighted by Crippen LogP contribution is 2.27. The second-order valence-corrected chi connectivity index (χ2v) is 6.33. The fourth-order valence-corrected chi connectivity index (χ4v) is 2.91. The molecule has 142 valence electrons. The second-order valence-electron chi connectivity index (χ2n) is 6.33. The zero-order valence-electron chi connectivity index (χ0n) is 15.4. The molecule has 1 aliphatic heterocycles. The summed E-state index contributed by atoms with van der Waals surface area (Å²) >= 11 is 0. The van der Waals surface area contributed by atoms with Crippen LogP contribution in [0.2, 0.25) is 0 Å². The van der Waals surface area contributed by atoms with Gasteiger partial charge in [0, 0.05) is 24.3 Å². The van der Waals surface area contributed by atoms with Crippen molar-refractivity contribution in [2.45, 2.75) is 26.2 Å². The topological polar surface area (TPSA) is 67.9 Å². The Bertz CT molecular complexity index is 806. The van der Waals surface area contributed by atoms with Crippen molar-refractivity contribution in [3.8, 4) is 11.5 Å². The standard InChI is InChI=1S/C21H24N2O4/c1-2-13-26-18-9-3-4-10-19(18)27-15-20(24)22-16-7-5-8-17(14-16)23-12-6-11-21(23)25/h3-5,7-10,14H,2,6,11-13,15H2,1H3,(H,22,24). The molecule has 0 radical (unpaired) electrons. The van der Waals surface area contributed by atoms with Crippen LogP contribution in [0.3, 0.4) is 0 Å². The van der Waals surface area contributed by atoms with Crippen molar-refractivity contribution in [1.82, 2.24) is 0 Å². The van der Waals surface area contributed by atoms with Crippen LogP contribution in [0.5, 0.6) is 11.5 Å². The Balaban J connectivity index is 1.58. The number of benzene rings is 2. The summed E-state index contributed by atoms with van der Waals surface area (Å²) in [5.41, 5.74) is 1.44. The van der Waals surface area contributed by atoms with Crippen LogP contribution in [-0.4, -0.2) is 31.6 Å². The third-order valence-corrected chi connectivity index (χ3v) is 4.18. The number of nitrogens with zero attached hydrogens (tertiary/aromatic N) is 1. The van der Waals surface area contributed by atoms with Gasteiger partial charge in [-0.2, -0.15) is 0 Å². The molecule has 2 aromatic carbocycles. The largest absolute Gasteiger partial charge is 0.490 e. The molecule has 1 saturated heterocycles. The van der Waals surface area contributed by atoms with Crippen molar-refractivity contribution in [3.63, 3.8) is 0 Å². The van der Waals surface area contributed by atoms with Gasteiger partial charge in [0.1, 0.15) is 0 Å². The van der Waals surface area contributed by atoms with E-state index in [-0.39, 0.29) is 18.4 Å². The third-order valence-electron chi connectivity index (χ3n) is 4.18. The first-order valence-electron chi connectivity index (χ1n) is 9.22. The first kappa shape index (κ1) is 18.8. The zero-order valence-corrected chi connectivity index (χ0v) is 15.4. The van der Waals surface area contributed by atoms with E-state index in [1.165, 1.54) is 0 Å². The van der Waals surface area contributed by atoms with Crippen LogP contribution in [0.15, 0.2) is 48.5 Å². The molecule has 1 N–H and O–H groups in total. The van der Waals surface area contributed by atoms with Crippen molar-refractivity contribution in [2.24, 2.45) is 0 Å². The van der Waals surface area contributed by atoms with Crippen LogP contribution >= 0.6 is 0 Å². The van der Waals surface area contributed by atoms with Gasteiger partial charge in [0.15, 0.2) is 18.1 Å². The molecule has 0 aliphatic carbocycles. The number of anilines is 2. The molecule has 1 fully saturated rings. The van der Waals surface area contributed by atoms with E-state index in [0.29, 0.717) is 36.8 Å². The fourth-order valence-electron chi connectivity index (χ4n) is 2.91. The average Bonchev–Trinajstić information content (AvgIpc) is 3.11. The Hall–Kier alpha value is -3.02. The predicted molar refractivity (Wildman–Crippen MR) is 104 cm³/mol. The number of hydrogen-bond acceptors (Lipinski definition) is 4. The van der Waals surface area contributed by atoms with Gasteiger partial charge in [-0.3, -0.25) is 9.59 Å². The van der Waals surface area contributed by atoms with Crippen molar-refractivity contribution in [2.75, 3.05) is 30.0 Å². The quantitative estimate of drug-likeness (QED) is 0.773. The lowest BCUT2D eigenvalue weighted by molar-refractivity contribution is -0.118. The molecule has 27 heavy (non-hydrogen) atoms. The molecule has 0 unspecified atom stereocenters. The van der Waals surface area contributed by atoms with E-state index in [2.05, 4.69) is 5.32 Å². The number of amides is 2. The van der Waals surface area contributed by atoms with Gasteiger partial charge in [-0.05, 0) is 43.2 Å². The monoisotopic (exact) mass is 368 g/mol. The number of hydrogen-bond donors (Lipinski definition) is 1. The summed E-state index contributed by atoms with van der Waals surface area (Å²) in [6, 6.07) is 14.6. The summed E-state index contributed by atoms with van der Waals surface area (Å²) in [6.45, 7) is 3.21. The molecule has 0 atom stereocenters. The maximum atomic E-state index is 12.3. The summed E-state index contributed by atoms with van der Waals surface area (Å²) in [5, 5.41) is 2.81. The molecule has 1 heterocycles. The summed E-state index contributed by atoms with van der Waals surface area (Å²) in [7, 11) is 0. The second kappa shape index (κ2) is 9.07. The van der Waals surface area contributed by atoms with Crippen molar-refractivity contribution in [3.05, 3.63) is 48.5 Å². The van der Waals surface area contributed by atoms with Gasteiger partial charge in [0.2, 0.25) is 5.91 Å². The Morgan fingerprint density at radius 2 is 1.89 bits per heavy atom. The Morgan fingerprint density at radius 3 is 2.59 bits per heavy atom. The summed E-state index contributed by atoms with van der Waals surface area (Å²) < 4.78 is 11.2. The van der Waals surface area contributed by atoms with Crippen LogP contribution < -0.4 is 19.7 Å². The zero-order chi connectivity index (χ0) is 19.1. The number of carbonyl (C=O) groups is 2. The van der Waals surface area contributed by atoms with Gasteiger partial charge in [0.25, 0.3) is 5.91 Å². The Morgan fingerprint density at radius 1 is 1.11 bits per heavy atom. The van der Waals surface area contributed by atoms with Gasteiger partial charge in [-0.1, -0.05) is 25.1 Å². The number of nitrogens with one attached hydrogen (secondary N) is 1. The average molecular weight is 368 g/mol. The molecule has 0 bridgehead atoms. The van der Waals surface area contributed by atoms with E-state index < -0.39 is 0 Å². The van der Waals surface area contributed by atoms with Gasteiger partial charge in [-0.15, -0.1) is 0 Å². The van der Waals surface area contributed by atoms with Crippen molar-refractivity contribution >= 4 is 23.2 Å². The smallest absolute Gasteiger partial charge is 0.262 e. The SMILES string of the molecule is CCCOc1ccccc1OCC(=O)Nc1cccc(N2CCCC2=O)c1. The molecule has 0 saturated carbocycles. The van der Waals surface area contributed by atoms with Crippen LogP contribution in [0.4, 0.5) is 11.4 Å². The minimum Gasteiger partial charge on any atom is -0.490 e. The summed E-state index contributed by atoms with van der Waals surface area (Å²) in [5.74, 6) is 1.01. The van der Waals surface area contributed by atoms with Gasteiger partial charge < -0.3 is 19.7 Å². The minimum absolute atomic E-state index is 0.116. The lowest BCUT2D eigenvalue weighted by Crippen LogP contribution is -2.24. The molecule has 3 rings (SSSR count). The summed E-state index contributed by atoms with van der Waals surface area (Å²) in [6.07, 6.45) is 2.33. The lowest BCUT2D eigenvalue weighted by atomic mass is 10.2. The third kappa shape index (κ3) is 5.00. The van der Waals surface area contributed by atoms with E-state index in [1.807, 2.05) is 37.3 Å². The van der Waals surface area contributed by atoms with E-state index in [4.69, 9.17) is 9.47 Å². The normalized spacial score (nSPS) is 13.5. The van der Waals surface area contributed by atoms with Crippen LogP contribution in [0, 0.1) is 0 Å². The molecular formula is C21H24N2O4. The molecule has 6 heteroatoms. The number of ether oxygens (including phenoxy) is 2. The number of carbonyl (C=O) groups excluding carboxylic acids is 2. The van der Waals surface area contributed by atoms with E-state index in [9.17, 15) is 9.59 Å². The van der Waals surface area contributed by atoms with E-state index in [0.717, 1.165) is 18.5 Å². The maximum absolute atomic E-state index is 12.3. The highest BCUT2D eigenvalue weighted by atomic mass is 16.5. The highest BCUT2D eigenvalue weighted by Gasteiger charge is 2.21. The molecule has 0 aromatic heterocycles. The number of para-hydroxylation sites is 2. The van der Waals surface area contributed by atoms with Gasteiger partial charge >= 0.3 is 0 Å². The Labute approximate surface area is 159 Å². The van der Waals surface area contributed by atoms with Crippen LogP contribution in [0.25, 0.3) is 0 Å². The first-order valence-corrected chi connectivity index (χ1v) is 9.22. The van der Waals surface area contributed by atoms with Crippen molar-refractivity contribution < 1.29 is 19.1 Å². The fraction of sp³-hybridized carbons (Fsp3) is 0.333. The highest BCUT2D eigenvalue weighted by molar-refractivity contribution is 5.97. The molecule has 6 nitrogen and oxygen atoms in total. The molecule has 2 amide bonds. The maximum Gasteiger partial charge on any atom is 0.262 e. The lowest BCUT2D eigenvalue weighted by Gasteiger charge is -2.17. The van der Waals surface area contributed by atoms with Crippen LogP contribution in [-0.2, 0) is 9.59 Å². The minimum atomic E-state index is -0.273. The van der Waals surface area contributed by atoms with Gasteiger partial charge in [0.05, 0.1) is 6.61 Å². The van der Waals surface area contributed by atoms with Crippen molar-refractivity contribution in [1.29, 1.82) is 0 Å². The molecule has 0 spiro atoms. The molecule has 1 aliphatic rings. The summed E-state index contributed by atoms with van der Waals surface area (Å²) in [4.78, 5) is 25.9. The predicted octanol–water partition coefficient (Wildman–Crippen LogP) is 3.62. The van der Waals surface area contributed by atoms with Gasteiger partial charge in [-0.25, -0.2) is 0 Å². The molecule has 2 aromatic rings. The van der Waals surface area contributed by atoms with E-state index >= 15 is 0 Å². The first-order chi connectivity index (χ1) is 13.2.